The smallest absolute Gasteiger partial charge is 0.223 e. The third-order valence-electron chi connectivity index (χ3n) is 3.72. The first-order chi connectivity index (χ1) is 6.77. The molecule has 0 aromatic rings. The molecule has 0 bridgehead atoms. The first-order valence-corrected chi connectivity index (χ1v) is 5.54. The molecule has 0 spiro atoms. The van der Waals surface area contributed by atoms with Gasteiger partial charge >= 0.3 is 0 Å². The summed E-state index contributed by atoms with van der Waals surface area (Å²) in [6.07, 6.45) is 5.65. The molecule has 2 saturated heterocycles. The van der Waals surface area contributed by atoms with Crippen LogP contribution >= 0.6 is 0 Å². The van der Waals surface area contributed by atoms with Crippen molar-refractivity contribution in [2.24, 2.45) is 5.92 Å². The zero-order chi connectivity index (χ0) is 10.1. The number of nitrogens with zero attached hydrogens (tertiary/aromatic N) is 1. The Hall–Kier alpha value is -0.860. The lowest BCUT2D eigenvalue weighted by molar-refractivity contribution is -0.137. The molecule has 0 aliphatic carbocycles. The van der Waals surface area contributed by atoms with E-state index in [1.165, 1.54) is 0 Å². The van der Waals surface area contributed by atoms with E-state index in [-0.39, 0.29) is 11.9 Å². The van der Waals surface area contributed by atoms with Crippen LogP contribution in [0.3, 0.4) is 0 Å². The molecule has 2 aliphatic rings. The van der Waals surface area contributed by atoms with Crippen molar-refractivity contribution in [3.63, 3.8) is 0 Å². The molecule has 0 unspecified atom stereocenters. The number of aldehydes is 1. The van der Waals surface area contributed by atoms with Gasteiger partial charge in [0.05, 0.1) is 6.04 Å². The van der Waals surface area contributed by atoms with Crippen LogP contribution in [-0.2, 0) is 9.59 Å². The first-order valence-electron chi connectivity index (χ1n) is 5.54. The SMILES string of the molecule is CC[C@@H]1CC[C@@H](C=O)N2C(=O)CC[C@@H]12. The Morgan fingerprint density at radius 3 is 2.86 bits per heavy atom. The van der Waals surface area contributed by atoms with Crippen molar-refractivity contribution in [1.82, 2.24) is 4.90 Å². The minimum absolute atomic E-state index is 0.127. The monoisotopic (exact) mass is 195 g/mol. The molecule has 0 aromatic carbocycles. The lowest BCUT2D eigenvalue weighted by Gasteiger charge is -2.40. The number of hydrogen-bond acceptors (Lipinski definition) is 2. The molecule has 0 radical (unpaired) electrons. The Morgan fingerprint density at radius 2 is 2.21 bits per heavy atom. The number of carbonyl (C=O) groups is 2. The standard InChI is InChI=1S/C11H17NO2/c1-2-8-3-4-9(7-13)12-10(8)5-6-11(12)14/h7-10H,2-6H2,1H3/t8-,9+,10+/m1/s1. The molecule has 1 amide bonds. The third kappa shape index (κ3) is 1.35. The van der Waals surface area contributed by atoms with Crippen LogP contribution in [0.15, 0.2) is 0 Å². The maximum absolute atomic E-state index is 11.6. The highest BCUT2D eigenvalue weighted by atomic mass is 16.2. The van der Waals surface area contributed by atoms with Crippen LogP contribution in [0.4, 0.5) is 0 Å². The molecule has 2 heterocycles. The van der Waals surface area contributed by atoms with Crippen LogP contribution in [-0.4, -0.2) is 29.2 Å². The van der Waals surface area contributed by atoms with E-state index in [0.29, 0.717) is 18.4 Å². The van der Waals surface area contributed by atoms with Gasteiger partial charge in [0.1, 0.15) is 6.29 Å². The van der Waals surface area contributed by atoms with Gasteiger partial charge in [-0.05, 0) is 25.2 Å². The molecule has 78 valence electrons. The van der Waals surface area contributed by atoms with Gasteiger partial charge in [-0.3, -0.25) is 4.79 Å². The Bertz CT molecular complexity index is 252. The van der Waals surface area contributed by atoms with Crippen molar-refractivity contribution in [3.05, 3.63) is 0 Å². The van der Waals surface area contributed by atoms with Gasteiger partial charge in [0.2, 0.25) is 5.91 Å². The quantitative estimate of drug-likeness (QED) is 0.624. The molecule has 0 N–H and O–H groups in total. The number of piperidine rings is 1. The van der Waals surface area contributed by atoms with Crippen molar-refractivity contribution in [1.29, 1.82) is 0 Å². The van der Waals surface area contributed by atoms with E-state index in [1.807, 2.05) is 4.90 Å². The summed E-state index contributed by atoms with van der Waals surface area (Å²) >= 11 is 0. The number of amides is 1. The molecule has 14 heavy (non-hydrogen) atoms. The minimum atomic E-state index is -0.127. The second-order valence-electron chi connectivity index (χ2n) is 4.36. The van der Waals surface area contributed by atoms with Gasteiger partial charge in [-0.15, -0.1) is 0 Å². The van der Waals surface area contributed by atoms with Crippen molar-refractivity contribution < 1.29 is 9.59 Å². The Labute approximate surface area is 84.5 Å². The Morgan fingerprint density at radius 1 is 1.43 bits per heavy atom. The number of fused-ring (bicyclic) bond motifs is 1. The largest absolute Gasteiger partial charge is 0.330 e. The summed E-state index contributed by atoms with van der Waals surface area (Å²) < 4.78 is 0. The highest BCUT2D eigenvalue weighted by Gasteiger charge is 2.42. The highest BCUT2D eigenvalue weighted by Crippen LogP contribution is 2.36. The maximum Gasteiger partial charge on any atom is 0.223 e. The van der Waals surface area contributed by atoms with Gasteiger partial charge in [-0.25, -0.2) is 0 Å². The lowest BCUT2D eigenvalue weighted by atomic mass is 9.84. The highest BCUT2D eigenvalue weighted by molar-refractivity contribution is 5.82. The zero-order valence-electron chi connectivity index (χ0n) is 8.61. The Balaban J connectivity index is 2.19. The maximum atomic E-state index is 11.6. The number of carbonyl (C=O) groups excluding carboxylic acids is 2. The summed E-state index contributed by atoms with van der Waals surface area (Å²) in [6, 6.07) is 0.231. The van der Waals surface area contributed by atoms with E-state index >= 15 is 0 Å². The van der Waals surface area contributed by atoms with E-state index in [9.17, 15) is 9.59 Å². The third-order valence-corrected chi connectivity index (χ3v) is 3.72. The van der Waals surface area contributed by atoms with E-state index in [1.54, 1.807) is 0 Å². The van der Waals surface area contributed by atoms with Crippen molar-refractivity contribution in [3.8, 4) is 0 Å². The summed E-state index contributed by atoms with van der Waals surface area (Å²) in [7, 11) is 0. The van der Waals surface area contributed by atoms with Crippen LogP contribution in [0.25, 0.3) is 0 Å². The van der Waals surface area contributed by atoms with Crippen molar-refractivity contribution in [2.45, 2.75) is 51.1 Å². The summed E-state index contributed by atoms with van der Waals surface area (Å²) in [4.78, 5) is 24.3. The van der Waals surface area contributed by atoms with Crippen LogP contribution < -0.4 is 0 Å². The molecule has 3 atom stereocenters. The van der Waals surface area contributed by atoms with E-state index in [4.69, 9.17) is 0 Å². The van der Waals surface area contributed by atoms with E-state index in [0.717, 1.165) is 32.0 Å². The fourth-order valence-corrected chi connectivity index (χ4v) is 2.94. The predicted octanol–water partition coefficient (Wildman–Crippen LogP) is 1.36. The fourth-order valence-electron chi connectivity index (χ4n) is 2.94. The second-order valence-corrected chi connectivity index (χ2v) is 4.36. The first kappa shape index (κ1) is 9.69. The van der Waals surface area contributed by atoms with Gasteiger partial charge in [-0.2, -0.15) is 0 Å². The summed E-state index contributed by atoms with van der Waals surface area (Å²) in [5.74, 6) is 0.808. The predicted molar refractivity (Wildman–Crippen MR) is 52.7 cm³/mol. The van der Waals surface area contributed by atoms with E-state index < -0.39 is 0 Å². The van der Waals surface area contributed by atoms with Gasteiger partial charge in [-0.1, -0.05) is 13.3 Å². The molecule has 3 nitrogen and oxygen atoms in total. The molecule has 3 heteroatoms. The second kappa shape index (κ2) is 3.71. The molecule has 0 saturated carbocycles. The molecule has 2 aliphatic heterocycles. The Kier molecular flexibility index (Phi) is 2.57. The summed E-state index contributed by atoms with van der Waals surface area (Å²) in [5.41, 5.74) is 0. The van der Waals surface area contributed by atoms with Crippen LogP contribution in [0, 0.1) is 5.92 Å². The van der Waals surface area contributed by atoms with Crippen molar-refractivity contribution >= 4 is 12.2 Å². The van der Waals surface area contributed by atoms with Gasteiger partial charge in [0, 0.05) is 12.5 Å². The molecular formula is C11H17NO2. The number of hydrogen-bond donors (Lipinski definition) is 0. The van der Waals surface area contributed by atoms with Gasteiger partial charge in [0.15, 0.2) is 0 Å². The van der Waals surface area contributed by atoms with E-state index in [2.05, 4.69) is 6.92 Å². The van der Waals surface area contributed by atoms with Crippen LogP contribution in [0.2, 0.25) is 0 Å². The molecular weight excluding hydrogens is 178 g/mol. The van der Waals surface area contributed by atoms with Crippen molar-refractivity contribution in [2.75, 3.05) is 0 Å². The topological polar surface area (TPSA) is 37.4 Å². The zero-order valence-corrected chi connectivity index (χ0v) is 8.61. The average molecular weight is 195 g/mol. The van der Waals surface area contributed by atoms with Gasteiger partial charge in [0.25, 0.3) is 0 Å². The normalized spacial score (nSPS) is 37.1. The fraction of sp³-hybridized carbons (Fsp3) is 0.818. The average Bonchev–Trinajstić information content (AvgIpc) is 2.60. The molecule has 2 fully saturated rings. The van der Waals surface area contributed by atoms with Gasteiger partial charge < -0.3 is 9.69 Å². The lowest BCUT2D eigenvalue weighted by Crippen LogP contribution is -2.49. The van der Waals surface area contributed by atoms with Crippen LogP contribution in [0.5, 0.6) is 0 Å². The summed E-state index contributed by atoms with van der Waals surface area (Å²) in [6.45, 7) is 2.17. The summed E-state index contributed by atoms with van der Waals surface area (Å²) in [5, 5.41) is 0. The minimum Gasteiger partial charge on any atom is -0.330 e. The molecule has 2 rings (SSSR count). The van der Waals surface area contributed by atoms with Crippen LogP contribution in [0.1, 0.15) is 39.0 Å². The molecule has 0 aromatic heterocycles. The number of rotatable bonds is 2.